The molecule has 2 aromatic heterocycles. The summed E-state index contributed by atoms with van der Waals surface area (Å²) >= 11 is 0. The van der Waals surface area contributed by atoms with Crippen molar-refractivity contribution in [3.63, 3.8) is 0 Å². The van der Waals surface area contributed by atoms with E-state index in [-0.39, 0.29) is 24.0 Å². The van der Waals surface area contributed by atoms with Crippen molar-refractivity contribution in [2.24, 2.45) is 11.7 Å². The van der Waals surface area contributed by atoms with Crippen LogP contribution in [0.25, 0.3) is 0 Å². The van der Waals surface area contributed by atoms with Crippen molar-refractivity contribution >= 4 is 11.8 Å². The van der Waals surface area contributed by atoms with Crippen molar-refractivity contribution in [3.8, 4) is 5.88 Å². The number of ether oxygens (including phenoxy) is 1. The van der Waals surface area contributed by atoms with Crippen LogP contribution in [-0.4, -0.2) is 58.4 Å². The molecule has 2 fully saturated rings. The van der Waals surface area contributed by atoms with Crippen LogP contribution in [-0.2, 0) is 0 Å². The first kappa shape index (κ1) is 25.3. The predicted molar refractivity (Wildman–Crippen MR) is 135 cm³/mol. The number of rotatable bonds is 7. The molecule has 0 aliphatic carbocycles. The van der Waals surface area contributed by atoms with Crippen molar-refractivity contribution in [3.05, 3.63) is 53.6 Å². The van der Waals surface area contributed by atoms with Crippen molar-refractivity contribution in [1.29, 1.82) is 0 Å². The molecule has 0 amide bonds. The fourth-order valence-corrected chi connectivity index (χ4v) is 5.11. The summed E-state index contributed by atoms with van der Waals surface area (Å²) in [6.07, 6.45) is 5.10. The van der Waals surface area contributed by atoms with Crippen molar-refractivity contribution in [2.75, 3.05) is 36.0 Å². The molecule has 2 aliphatic heterocycles. The first-order valence-corrected chi connectivity index (χ1v) is 12.8. The first-order chi connectivity index (χ1) is 17.8. The molecule has 4 heterocycles. The SMILES string of the molecule is CC(C)c1noc(N2CCC(C(C)Oc3cnc(N4CC(N)C(c5cc(F)ccc5F)C4)cn3)CC2)n1. The van der Waals surface area contributed by atoms with Crippen LogP contribution in [0.1, 0.15) is 56.8 Å². The van der Waals surface area contributed by atoms with Gasteiger partial charge in [0.25, 0.3) is 0 Å². The summed E-state index contributed by atoms with van der Waals surface area (Å²) in [4.78, 5) is 17.5. The smallest absolute Gasteiger partial charge is 0.324 e. The maximum Gasteiger partial charge on any atom is 0.324 e. The molecule has 2 N–H and O–H groups in total. The fourth-order valence-electron chi connectivity index (χ4n) is 5.11. The van der Waals surface area contributed by atoms with Gasteiger partial charge < -0.3 is 24.8 Å². The number of nitrogens with zero attached hydrogens (tertiary/aromatic N) is 6. The Morgan fingerprint density at radius 1 is 1.05 bits per heavy atom. The van der Waals surface area contributed by atoms with Gasteiger partial charge >= 0.3 is 6.01 Å². The van der Waals surface area contributed by atoms with Crippen LogP contribution in [0.3, 0.4) is 0 Å². The van der Waals surface area contributed by atoms with Crippen LogP contribution in [0.4, 0.5) is 20.6 Å². The van der Waals surface area contributed by atoms with E-state index in [0.717, 1.165) is 43.9 Å². The van der Waals surface area contributed by atoms with Gasteiger partial charge in [-0.05, 0) is 49.4 Å². The Balaban J connectivity index is 1.15. The molecule has 3 unspecified atom stereocenters. The Kier molecular flexibility index (Phi) is 7.23. The van der Waals surface area contributed by atoms with Gasteiger partial charge in [-0.1, -0.05) is 19.0 Å². The van der Waals surface area contributed by atoms with Crippen LogP contribution < -0.4 is 20.3 Å². The van der Waals surface area contributed by atoms with E-state index in [1.54, 1.807) is 12.4 Å². The zero-order valence-corrected chi connectivity index (χ0v) is 21.3. The normalized spacial score (nSPS) is 21.6. The Bertz CT molecular complexity index is 1200. The fraction of sp³-hybridized carbons (Fsp3) is 0.538. The molecule has 9 nitrogen and oxygen atoms in total. The number of halogens is 2. The summed E-state index contributed by atoms with van der Waals surface area (Å²) in [6, 6.07) is 3.72. The monoisotopic (exact) mass is 513 g/mol. The highest BCUT2D eigenvalue weighted by Crippen LogP contribution is 2.32. The lowest BCUT2D eigenvalue weighted by Gasteiger charge is -2.33. The lowest BCUT2D eigenvalue weighted by molar-refractivity contribution is 0.126. The zero-order valence-electron chi connectivity index (χ0n) is 21.3. The van der Waals surface area contributed by atoms with Gasteiger partial charge in [-0.3, -0.25) is 0 Å². The maximum atomic E-state index is 14.3. The highest BCUT2D eigenvalue weighted by Gasteiger charge is 2.34. The van der Waals surface area contributed by atoms with Gasteiger partial charge in [0.15, 0.2) is 5.82 Å². The topological polar surface area (TPSA) is 106 Å². The Labute approximate surface area is 215 Å². The third-order valence-electron chi connectivity index (χ3n) is 7.39. The van der Waals surface area contributed by atoms with Crippen LogP contribution >= 0.6 is 0 Å². The summed E-state index contributed by atoms with van der Waals surface area (Å²) in [7, 11) is 0. The Morgan fingerprint density at radius 2 is 1.84 bits per heavy atom. The second-order valence-corrected chi connectivity index (χ2v) is 10.3. The lowest BCUT2D eigenvalue weighted by Crippen LogP contribution is -2.39. The zero-order chi connectivity index (χ0) is 26.1. The third-order valence-corrected chi connectivity index (χ3v) is 7.39. The van der Waals surface area contributed by atoms with Crippen LogP contribution in [0.15, 0.2) is 35.1 Å². The van der Waals surface area contributed by atoms with Crippen LogP contribution in [0.5, 0.6) is 5.88 Å². The summed E-state index contributed by atoms with van der Waals surface area (Å²) in [5.74, 6) is 1.15. The van der Waals surface area contributed by atoms with Crippen LogP contribution in [0.2, 0.25) is 0 Å². The average molecular weight is 514 g/mol. The molecule has 0 saturated carbocycles. The molecule has 11 heteroatoms. The molecule has 0 spiro atoms. The molecule has 0 radical (unpaired) electrons. The van der Waals surface area contributed by atoms with E-state index >= 15 is 0 Å². The molecule has 0 bridgehead atoms. The molecule has 1 aromatic carbocycles. The molecule has 198 valence electrons. The Morgan fingerprint density at radius 3 is 2.51 bits per heavy atom. The van der Waals surface area contributed by atoms with E-state index in [1.165, 1.54) is 6.07 Å². The van der Waals surface area contributed by atoms with E-state index in [9.17, 15) is 8.78 Å². The summed E-state index contributed by atoms with van der Waals surface area (Å²) in [5, 5.41) is 4.06. The largest absolute Gasteiger partial charge is 0.473 e. The number of nitrogens with two attached hydrogens (primary N) is 1. The average Bonchev–Trinajstić information content (AvgIpc) is 3.54. The summed E-state index contributed by atoms with van der Waals surface area (Å²) in [6.45, 7) is 8.70. The van der Waals surface area contributed by atoms with Gasteiger partial charge in [0, 0.05) is 44.1 Å². The van der Waals surface area contributed by atoms with E-state index in [1.807, 2.05) is 18.7 Å². The van der Waals surface area contributed by atoms with Gasteiger partial charge in [0.05, 0.1) is 12.4 Å². The molecule has 5 rings (SSSR count). The highest BCUT2D eigenvalue weighted by atomic mass is 19.1. The van der Waals surface area contributed by atoms with Gasteiger partial charge in [-0.2, -0.15) is 4.98 Å². The number of anilines is 2. The van der Waals surface area contributed by atoms with Gasteiger partial charge in [-0.15, -0.1) is 0 Å². The molecule has 2 saturated heterocycles. The number of hydrogen-bond donors (Lipinski definition) is 1. The number of piperidine rings is 1. The van der Waals surface area contributed by atoms with Crippen LogP contribution in [0, 0.1) is 17.6 Å². The standard InChI is InChI=1S/C26H33F2N7O2/c1-15(2)25-32-26(37-33-25)34-8-6-17(7-9-34)16(3)36-24-12-30-23(11-31-24)35-13-20(22(29)14-35)19-10-18(27)4-5-21(19)28/h4-5,10-12,15-17,20,22H,6-9,13-14,29H2,1-3H3. The van der Waals surface area contributed by atoms with E-state index in [2.05, 4.69) is 31.9 Å². The van der Waals surface area contributed by atoms with E-state index < -0.39 is 11.6 Å². The van der Waals surface area contributed by atoms with Gasteiger partial charge in [0.2, 0.25) is 5.88 Å². The quantitative estimate of drug-likeness (QED) is 0.504. The minimum atomic E-state index is -0.474. The second-order valence-electron chi connectivity index (χ2n) is 10.3. The molecule has 2 aliphatic rings. The summed E-state index contributed by atoms with van der Waals surface area (Å²) in [5.41, 5.74) is 6.57. The lowest BCUT2D eigenvalue weighted by atomic mass is 9.92. The highest BCUT2D eigenvalue weighted by molar-refractivity contribution is 5.42. The molecule has 37 heavy (non-hydrogen) atoms. The van der Waals surface area contributed by atoms with Gasteiger partial charge in [0.1, 0.15) is 23.6 Å². The van der Waals surface area contributed by atoms with Crippen molar-refractivity contribution < 1.29 is 18.0 Å². The summed E-state index contributed by atoms with van der Waals surface area (Å²) < 4.78 is 39.5. The third kappa shape index (κ3) is 5.51. The minimum Gasteiger partial charge on any atom is -0.473 e. The number of hydrogen-bond acceptors (Lipinski definition) is 9. The number of aromatic nitrogens is 4. The second kappa shape index (κ2) is 10.6. The van der Waals surface area contributed by atoms with E-state index in [4.69, 9.17) is 15.0 Å². The van der Waals surface area contributed by atoms with E-state index in [0.29, 0.717) is 42.3 Å². The first-order valence-electron chi connectivity index (χ1n) is 12.8. The molecular weight excluding hydrogens is 480 g/mol. The Hall–Kier alpha value is -3.34. The molecule has 3 aromatic rings. The minimum absolute atomic E-state index is 0.0308. The molecule has 3 atom stereocenters. The maximum absolute atomic E-state index is 14.3. The van der Waals surface area contributed by atoms with Gasteiger partial charge in [-0.25, -0.2) is 18.7 Å². The van der Waals surface area contributed by atoms with Crippen molar-refractivity contribution in [1.82, 2.24) is 20.1 Å². The number of benzene rings is 1. The van der Waals surface area contributed by atoms with Crippen molar-refractivity contribution in [2.45, 2.75) is 57.6 Å². The molecular formula is C26H33F2N7O2. The predicted octanol–water partition coefficient (Wildman–Crippen LogP) is 3.88.